The summed E-state index contributed by atoms with van der Waals surface area (Å²) in [6.07, 6.45) is 1.13. The van der Waals surface area contributed by atoms with Crippen molar-refractivity contribution in [1.82, 2.24) is 14.2 Å². The van der Waals surface area contributed by atoms with Crippen LogP contribution in [-0.2, 0) is 34.1 Å². The molecule has 7 nitrogen and oxygen atoms in total. The minimum atomic E-state index is -3.57. The number of para-hydroxylation sites is 1. The zero-order valence-corrected chi connectivity index (χ0v) is 20.2. The van der Waals surface area contributed by atoms with E-state index in [1.54, 1.807) is 35.2 Å². The molecule has 0 saturated carbocycles. The molecule has 3 aromatic rings. The molecule has 0 atom stereocenters. The van der Waals surface area contributed by atoms with Crippen molar-refractivity contribution >= 4 is 27.0 Å². The van der Waals surface area contributed by atoms with Gasteiger partial charge in [0.25, 0.3) is 0 Å². The van der Waals surface area contributed by atoms with E-state index in [0.717, 1.165) is 23.0 Å². The van der Waals surface area contributed by atoms with Crippen LogP contribution < -0.4 is 4.72 Å². The second kappa shape index (κ2) is 9.19. The van der Waals surface area contributed by atoms with Crippen LogP contribution in [0.1, 0.15) is 32.0 Å². The number of nitrogens with zero attached hydrogens (tertiary/aromatic N) is 2. The van der Waals surface area contributed by atoms with Crippen molar-refractivity contribution in [1.29, 1.82) is 0 Å². The minimum Gasteiger partial charge on any atom is -0.444 e. The Bertz CT molecular complexity index is 1240. The highest BCUT2D eigenvalue weighted by molar-refractivity contribution is 7.89. The van der Waals surface area contributed by atoms with Gasteiger partial charge in [-0.15, -0.1) is 0 Å². The molecule has 2 heterocycles. The molecule has 0 aliphatic carbocycles. The average Bonchev–Trinajstić information content (AvgIpc) is 2.91. The van der Waals surface area contributed by atoms with Gasteiger partial charge in [0.1, 0.15) is 5.60 Å². The van der Waals surface area contributed by atoms with Gasteiger partial charge in [0, 0.05) is 49.2 Å². The quantitative estimate of drug-likeness (QED) is 0.613. The molecule has 1 amide bonds. The SMILES string of the molecule is CC(C)(C)OC(=O)N1CCc2c(n(CCNS(=O)(=O)c3ccccc3)c3ccccc23)CC1. The molecule has 2 aromatic carbocycles. The lowest BCUT2D eigenvalue weighted by molar-refractivity contribution is 0.0258. The Kier molecular flexibility index (Phi) is 6.50. The summed E-state index contributed by atoms with van der Waals surface area (Å²) in [7, 11) is -3.57. The summed E-state index contributed by atoms with van der Waals surface area (Å²) in [5, 5.41) is 1.16. The topological polar surface area (TPSA) is 80.6 Å². The van der Waals surface area contributed by atoms with E-state index in [9.17, 15) is 13.2 Å². The first-order chi connectivity index (χ1) is 15.7. The number of benzene rings is 2. The first kappa shape index (κ1) is 23.3. The van der Waals surface area contributed by atoms with E-state index >= 15 is 0 Å². The Labute approximate surface area is 195 Å². The molecule has 176 valence electrons. The Morgan fingerprint density at radius 1 is 1.00 bits per heavy atom. The zero-order chi connectivity index (χ0) is 23.6. The summed E-state index contributed by atoms with van der Waals surface area (Å²) in [4.78, 5) is 14.7. The second-order valence-corrected chi connectivity index (χ2v) is 11.0. The van der Waals surface area contributed by atoms with E-state index in [1.165, 1.54) is 5.56 Å². The second-order valence-electron chi connectivity index (χ2n) is 9.27. The Morgan fingerprint density at radius 2 is 1.67 bits per heavy atom. The van der Waals surface area contributed by atoms with Crippen LogP contribution in [0.25, 0.3) is 10.9 Å². The molecule has 8 heteroatoms. The maximum absolute atomic E-state index is 12.6. The number of carbonyl (C=O) groups is 1. The van der Waals surface area contributed by atoms with Crippen molar-refractivity contribution in [2.75, 3.05) is 19.6 Å². The van der Waals surface area contributed by atoms with E-state index in [4.69, 9.17) is 4.74 Å². The third-order valence-electron chi connectivity index (χ3n) is 5.78. The first-order valence-corrected chi connectivity index (χ1v) is 12.8. The summed E-state index contributed by atoms with van der Waals surface area (Å²) in [5.41, 5.74) is 2.93. The molecule has 1 aliphatic heterocycles. The number of hydrogen-bond acceptors (Lipinski definition) is 4. The number of aromatic nitrogens is 1. The van der Waals surface area contributed by atoms with Gasteiger partial charge in [-0.25, -0.2) is 17.9 Å². The standard InChI is InChI=1S/C25H31N3O4S/c1-25(2,3)32-24(29)27-16-13-21-20-11-7-8-12-22(20)28(23(21)14-17-27)18-15-26-33(30,31)19-9-5-4-6-10-19/h4-12,26H,13-18H2,1-3H3. The average molecular weight is 470 g/mol. The molecule has 33 heavy (non-hydrogen) atoms. The maximum Gasteiger partial charge on any atom is 0.410 e. The zero-order valence-electron chi connectivity index (χ0n) is 19.4. The summed E-state index contributed by atoms with van der Waals surface area (Å²) in [6, 6.07) is 16.6. The molecular weight excluding hydrogens is 438 g/mol. The number of hydrogen-bond donors (Lipinski definition) is 1. The number of amides is 1. The molecule has 0 unspecified atom stereocenters. The van der Waals surface area contributed by atoms with Crippen LogP contribution >= 0.6 is 0 Å². The molecule has 0 radical (unpaired) electrons. The number of fused-ring (bicyclic) bond motifs is 3. The van der Waals surface area contributed by atoms with Crippen LogP contribution in [0.15, 0.2) is 59.5 Å². The smallest absolute Gasteiger partial charge is 0.410 e. The third-order valence-corrected chi connectivity index (χ3v) is 7.25. The van der Waals surface area contributed by atoms with E-state index in [-0.39, 0.29) is 17.5 Å². The molecule has 4 rings (SSSR count). The molecule has 0 fully saturated rings. The van der Waals surface area contributed by atoms with E-state index in [1.807, 2.05) is 32.9 Å². The molecule has 1 aliphatic rings. The molecule has 1 N–H and O–H groups in total. The van der Waals surface area contributed by atoms with Gasteiger partial charge >= 0.3 is 6.09 Å². The number of carbonyl (C=O) groups excluding carboxylic acids is 1. The fraction of sp³-hybridized carbons (Fsp3) is 0.400. The van der Waals surface area contributed by atoms with Crippen molar-refractivity contribution in [3.63, 3.8) is 0 Å². The van der Waals surface area contributed by atoms with Gasteiger partial charge < -0.3 is 14.2 Å². The molecule has 1 aromatic heterocycles. The lowest BCUT2D eigenvalue weighted by atomic mass is 10.1. The van der Waals surface area contributed by atoms with Gasteiger partial charge in [0.05, 0.1) is 4.90 Å². The van der Waals surface area contributed by atoms with Crippen LogP contribution in [-0.4, -0.2) is 49.2 Å². The summed E-state index contributed by atoms with van der Waals surface area (Å²) in [5.74, 6) is 0. The minimum absolute atomic E-state index is 0.259. The molecule has 0 spiro atoms. The lowest BCUT2D eigenvalue weighted by Gasteiger charge is -2.26. The highest BCUT2D eigenvalue weighted by Crippen LogP contribution is 2.29. The maximum atomic E-state index is 12.6. The van der Waals surface area contributed by atoms with Crippen molar-refractivity contribution in [3.8, 4) is 0 Å². The van der Waals surface area contributed by atoms with Crippen LogP contribution in [0.2, 0.25) is 0 Å². The van der Waals surface area contributed by atoms with Crippen LogP contribution in [0.3, 0.4) is 0 Å². The Balaban J connectivity index is 1.54. The molecular formula is C25H31N3O4S. The predicted molar refractivity (Wildman–Crippen MR) is 129 cm³/mol. The monoisotopic (exact) mass is 469 g/mol. The lowest BCUT2D eigenvalue weighted by Crippen LogP contribution is -2.38. The van der Waals surface area contributed by atoms with Crippen LogP contribution in [0, 0.1) is 0 Å². The number of sulfonamides is 1. The van der Waals surface area contributed by atoms with Gasteiger partial charge in [-0.3, -0.25) is 0 Å². The number of rotatable bonds is 5. The van der Waals surface area contributed by atoms with Gasteiger partial charge in [0.15, 0.2) is 0 Å². The van der Waals surface area contributed by atoms with Crippen LogP contribution in [0.4, 0.5) is 4.79 Å². The van der Waals surface area contributed by atoms with Gasteiger partial charge in [-0.05, 0) is 51.0 Å². The summed E-state index contributed by atoms with van der Waals surface area (Å²) in [6.45, 7) is 7.55. The largest absolute Gasteiger partial charge is 0.444 e. The highest BCUT2D eigenvalue weighted by Gasteiger charge is 2.27. The third kappa shape index (κ3) is 5.23. The van der Waals surface area contributed by atoms with Crippen molar-refractivity contribution in [2.24, 2.45) is 0 Å². The van der Waals surface area contributed by atoms with Crippen LogP contribution in [0.5, 0.6) is 0 Å². The van der Waals surface area contributed by atoms with Gasteiger partial charge in [-0.1, -0.05) is 36.4 Å². The van der Waals surface area contributed by atoms with Crippen molar-refractivity contribution < 1.29 is 17.9 Å². The summed E-state index contributed by atoms with van der Waals surface area (Å²) >= 11 is 0. The Morgan fingerprint density at radius 3 is 2.39 bits per heavy atom. The fourth-order valence-electron chi connectivity index (χ4n) is 4.33. The molecule has 0 saturated heterocycles. The first-order valence-electron chi connectivity index (χ1n) is 11.3. The molecule has 0 bridgehead atoms. The highest BCUT2D eigenvalue weighted by atomic mass is 32.2. The number of ether oxygens (including phenoxy) is 1. The van der Waals surface area contributed by atoms with E-state index < -0.39 is 15.6 Å². The predicted octanol–water partition coefficient (Wildman–Crippen LogP) is 3.96. The van der Waals surface area contributed by atoms with Gasteiger partial charge in [0.2, 0.25) is 10.0 Å². The van der Waals surface area contributed by atoms with Gasteiger partial charge in [-0.2, -0.15) is 0 Å². The van der Waals surface area contributed by atoms with E-state index in [2.05, 4.69) is 21.4 Å². The fourth-order valence-corrected chi connectivity index (χ4v) is 5.37. The van der Waals surface area contributed by atoms with Crippen molar-refractivity contribution in [2.45, 2.75) is 50.7 Å². The number of nitrogens with one attached hydrogen (secondary N) is 1. The normalized spacial score (nSPS) is 14.7. The Hall–Kier alpha value is -2.84. The van der Waals surface area contributed by atoms with E-state index in [0.29, 0.717) is 26.1 Å². The van der Waals surface area contributed by atoms with Crippen molar-refractivity contribution in [3.05, 3.63) is 65.9 Å². The summed E-state index contributed by atoms with van der Waals surface area (Å²) < 4.78 is 35.7.